The molecule has 1 atom stereocenters. The van der Waals surface area contributed by atoms with Crippen molar-refractivity contribution in [3.05, 3.63) is 77.4 Å². The fourth-order valence-electron chi connectivity index (χ4n) is 3.04. The van der Waals surface area contributed by atoms with E-state index < -0.39 is 23.8 Å². The van der Waals surface area contributed by atoms with E-state index in [-0.39, 0.29) is 5.91 Å². The Morgan fingerprint density at radius 3 is 2.00 bits per heavy atom. The minimum absolute atomic E-state index is 0.00590. The van der Waals surface area contributed by atoms with Crippen LogP contribution in [-0.2, 0) is 20.9 Å². The van der Waals surface area contributed by atoms with Crippen molar-refractivity contribution in [3.8, 4) is 0 Å². The Labute approximate surface area is 172 Å². The number of carboxylic acid groups (broad SMARTS) is 3. The summed E-state index contributed by atoms with van der Waals surface area (Å²) in [4.78, 5) is 44.4. The second-order valence-electron chi connectivity index (χ2n) is 6.45. The molecule has 3 rings (SSSR count). The molecule has 0 bridgehead atoms. The van der Waals surface area contributed by atoms with Gasteiger partial charge in [0.15, 0.2) is 0 Å². The smallest absolute Gasteiger partial charge is 0.328 e. The van der Waals surface area contributed by atoms with E-state index >= 15 is 0 Å². The Balaban J connectivity index is 0.000000343. The highest BCUT2D eigenvalue weighted by Crippen LogP contribution is 2.29. The van der Waals surface area contributed by atoms with Gasteiger partial charge in [-0.15, -0.1) is 0 Å². The van der Waals surface area contributed by atoms with Crippen molar-refractivity contribution in [1.29, 1.82) is 0 Å². The molecule has 0 spiro atoms. The second kappa shape index (κ2) is 10.0. The normalized spacial score (nSPS) is 13.4. The number of anilines is 1. The molecule has 8 heteroatoms. The molecule has 8 nitrogen and oxygen atoms in total. The standard InChI is InChI=1S/C18H17NO3.C4H4O4/c1-2-15(18(21)22)12-7-9-14(10-8-12)19-11-13-5-3-4-6-16(13)17(19)20;5-3(6)1-2-4(7)8/h3-10,15H,2,11H2,1H3,(H,21,22);1-2H,(H,5,6)(H,7,8)/b;2-1+. The predicted molar refractivity (Wildman–Crippen MR) is 108 cm³/mol. The van der Waals surface area contributed by atoms with Crippen molar-refractivity contribution < 1.29 is 34.5 Å². The van der Waals surface area contributed by atoms with Gasteiger partial charge >= 0.3 is 17.9 Å². The molecule has 30 heavy (non-hydrogen) atoms. The van der Waals surface area contributed by atoms with Crippen LogP contribution in [-0.4, -0.2) is 39.1 Å². The molecule has 2 aromatic carbocycles. The van der Waals surface area contributed by atoms with E-state index in [2.05, 4.69) is 0 Å². The van der Waals surface area contributed by atoms with E-state index in [1.165, 1.54) is 0 Å². The molecule has 0 fully saturated rings. The lowest BCUT2D eigenvalue weighted by molar-refractivity contribution is -0.139. The number of aliphatic carboxylic acids is 3. The molecule has 0 aromatic heterocycles. The number of nitrogens with zero attached hydrogens (tertiary/aromatic N) is 1. The van der Waals surface area contributed by atoms with Gasteiger partial charge in [0.05, 0.1) is 12.5 Å². The van der Waals surface area contributed by atoms with Crippen molar-refractivity contribution in [1.82, 2.24) is 0 Å². The van der Waals surface area contributed by atoms with Crippen LogP contribution >= 0.6 is 0 Å². The number of carbonyl (C=O) groups is 4. The molecule has 1 unspecified atom stereocenters. The van der Waals surface area contributed by atoms with Gasteiger partial charge in [-0.3, -0.25) is 9.59 Å². The topological polar surface area (TPSA) is 132 Å². The molecule has 0 aliphatic carbocycles. The third kappa shape index (κ3) is 5.54. The van der Waals surface area contributed by atoms with Crippen LogP contribution in [0.1, 0.15) is 40.7 Å². The zero-order valence-electron chi connectivity index (χ0n) is 16.2. The summed E-state index contributed by atoms with van der Waals surface area (Å²) in [7, 11) is 0. The molecular formula is C22H21NO7. The molecule has 1 amide bonds. The van der Waals surface area contributed by atoms with Crippen molar-refractivity contribution in [2.24, 2.45) is 0 Å². The van der Waals surface area contributed by atoms with Crippen LogP contribution in [0.5, 0.6) is 0 Å². The number of benzene rings is 2. The first-order chi connectivity index (χ1) is 14.2. The third-order valence-corrected chi connectivity index (χ3v) is 4.50. The quantitative estimate of drug-likeness (QED) is 0.622. The molecule has 0 saturated heterocycles. The molecular weight excluding hydrogens is 390 g/mol. The Morgan fingerprint density at radius 2 is 1.53 bits per heavy atom. The Bertz CT molecular complexity index is 963. The summed E-state index contributed by atoms with van der Waals surface area (Å²) in [6.07, 6.45) is 1.66. The number of carboxylic acids is 3. The van der Waals surface area contributed by atoms with Crippen molar-refractivity contribution in [2.75, 3.05) is 4.90 Å². The van der Waals surface area contributed by atoms with Crippen LogP contribution in [0, 0.1) is 0 Å². The molecule has 1 heterocycles. The van der Waals surface area contributed by atoms with E-state index in [1.54, 1.807) is 17.0 Å². The highest BCUT2D eigenvalue weighted by Gasteiger charge is 2.28. The average Bonchev–Trinajstić information content (AvgIpc) is 3.05. The average molecular weight is 411 g/mol. The summed E-state index contributed by atoms with van der Waals surface area (Å²) in [5.74, 6) is -3.84. The predicted octanol–water partition coefficient (Wildman–Crippen LogP) is 3.14. The molecule has 0 radical (unpaired) electrons. The van der Waals surface area contributed by atoms with E-state index in [9.17, 15) is 24.3 Å². The number of rotatable bonds is 6. The zero-order chi connectivity index (χ0) is 22.3. The summed E-state index contributed by atoms with van der Waals surface area (Å²) in [6, 6.07) is 14.8. The van der Waals surface area contributed by atoms with Gasteiger partial charge in [-0.2, -0.15) is 0 Å². The fraction of sp³-hybridized carbons (Fsp3) is 0.182. The first-order valence-corrected chi connectivity index (χ1v) is 9.11. The molecule has 3 N–H and O–H groups in total. The Kier molecular flexibility index (Phi) is 7.46. The summed E-state index contributed by atoms with van der Waals surface area (Å²) in [5.41, 5.74) is 3.32. The number of hydrogen-bond donors (Lipinski definition) is 3. The van der Waals surface area contributed by atoms with Crippen LogP contribution in [0.4, 0.5) is 5.69 Å². The van der Waals surface area contributed by atoms with Crippen LogP contribution in [0.15, 0.2) is 60.7 Å². The van der Waals surface area contributed by atoms with Gasteiger partial charge in [0.25, 0.3) is 5.91 Å². The van der Waals surface area contributed by atoms with Crippen molar-refractivity contribution in [2.45, 2.75) is 25.8 Å². The van der Waals surface area contributed by atoms with Gasteiger partial charge in [0.1, 0.15) is 0 Å². The van der Waals surface area contributed by atoms with Crippen molar-refractivity contribution in [3.63, 3.8) is 0 Å². The van der Waals surface area contributed by atoms with Gasteiger partial charge in [-0.1, -0.05) is 37.3 Å². The lowest BCUT2D eigenvalue weighted by Crippen LogP contribution is -2.23. The number of fused-ring (bicyclic) bond motifs is 1. The minimum atomic E-state index is -1.26. The number of hydrogen-bond acceptors (Lipinski definition) is 4. The van der Waals surface area contributed by atoms with Crippen LogP contribution < -0.4 is 4.90 Å². The molecule has 2 aromatic rings. The highest BCUT2D eigenvalue weighted by molar-refractivity contribution is 6.10. The van der Waals surface area contributed by atoms with E-state index in [0.717, 1.165) is 22.4 Å². The summed E-state index contributed by atoms with van der Waals surface area (Å²) < 4.78 is 0. The lowest BCUT2D eigenvalue weighted by atomic mass is 9.96. The van der Waals surface area contributed by atoms with Gasteiger partial charge in [-0.25, -0.2) is 9.59 Å². The molecule has 156 valence electrons. The summed E-state index contributed by atoms with van der Waals surface area (Å²) in [6.45, 7) is 2.41. The van der Waals surface area contributed by atoms with Gasteiger partial charge < -0.3 is 20.2 Å². The van der Waals surface area contributed by atoms with E-state index in [4.69, 9.17) is 10.2 Å². The first kappa shape index (κ1) is 22.4. The largest absolute Gasteiger partial charge is 0.481 e. The monoisotopic (exact) mass is 411 g/mol. The van der Waals surface area contributed by atoms with Gasteiger partial charge in [0, 0.05) is 23.4 Å². The third-order valence-electron chi connectivity index (χ3n) is 4.50. The Morgan fingerprint density at radius 1 is 0.967 bits per heavy atom. The van der Waals surface area contributed by atoms with E-state index in [1.807, 2.05) is 43.3 Å². The van der Waals surface area contributed by atoms with E-state index in [0.29, 0.717) is 25.1 Å². The summed E-state index contributed by atoms with van der Waals surface area (Å²) >= 11 is 0. The Hall–Kier alpha value is -3.94. The van der Waals surface area contributed by atoms with Crippen LogP contribution in [0.25, 0.3) is 0 Å². The van der Waals surface area contributed by atoms with Gasteiger partial charge in [0.2, 0.25) is 0 Å². The maximum Gasteiger partial charge on any atom is 0.328 e. The lowest BCUT2D eigenvalue weighted by Gasteiger charge is -2.17. The number of carbonyl (C=O) groups excluding carboxylic acids is 1. The maximum atomic E-state index is 12.4. The maximum absolute atomic E-state index is 12.4. The minimum Gasteiger partial charge on any atom is -0.481 e. The molecule has 0 saturated carbocycles. The second-order valence-corrected chi connectivity index (χ2v) is 6.45. The first-order valence-electron chi connectivity index (χ1n) is 9.11. The van der Waals surface area contributed by atoms with Gasteiger partial charge in [-0.05, 0) is 35.7 Å². The van der Waals surface area contributed by atoms with Crippen molar-refractivity contribution >= 4 is 29.5 Å². The fourth-order valence-corrected chi connectivity index (χ4v) is 3.04. The summed E-state index contributed by atoms with van der Waals surface area (Å²) in [5, 5.41) is 24.8. The molecule has 1 aliphatic rings. The number of amides is 1. The highest BCUT2D eigenvalue weighted by atomic mass is 16.4. The zero-order valence-corrected chi connectivity index (χ0v) is 16.2. The molecule has 1 aliphatic heterocycles. The van der Waals surface area contributed by atoms with Crippen LogP contribution in [0.2, 0.25) is 0 Å². The van der Waals surface area contributed by atoms with Crippen LogP contribution in [0.3, 0.4) is 0 Å². The SMILES string of the molecule is CCC(C(=O)O)c1ccc(N2Cc3ccccc3C2=O)cc1.O=C(O)/C=C/C(=O)O.